The average Bonchev–Trinajstić information content (AvgIpc) is 2.56. The highest BCUT2D eigenvalue weighted by Crippen LogP contribution is 2.25. The molecule has 0 aromatic heterocycles. The molecule has 0 aliphatic heterocycles. The topological polar surface area (TPSA) is 93.5 Å². The number of anilines is 1. The summed E-state index contributed by atoms with van der Waals surface area (Å²) < 4.78 is 5.26. The lowest BCUT2D eigenvalue weighted by Crippen LogP contribution is -2.34. The van der Waals surface area contributed by atoms with Crippen molar-refractivity contribution in [2.75, 3.05) is 12.4 Å². The van der Waals surface area contributed by atoms with Crippen LogP contribution in [0.3, 0.4) is 0 Å². The van der Waals surface area contributed by atoms with Gasteiger partial charge in [-0.05, 0) is 43.8 Å². The predicted octanol–water partition coefficient (Wildman–Crippen LogP) is 3.35. The fourth-order valence-corrected chi connectivity index (χ4v) is 2.59. The zero-order valence-electron chi connectivity index (χ0n) is 14.0. The lowest BCUT2D eigenvalue weighted by Gasteiger charge is -2.14. The molecular weight excluding hydrogens is 342 g/mol. The molecular formula is C17H17N3O4S. The highest BCUT2D eigenvalue weighted by atomic mass is 32.1. The Morgan fingerprint density at radius 2 is 1.88 bits per heavy atom. The van der Waals surface area contributed by atoms with Gasteiger partial charge < -0.3 is 10.1 Å². The van der Waals surface area contributed by atoms with E-state index in [0.717, 1.165) is 5.56 Å². The van der Waals surface area contributed by atoms with Crippen molar-refractivity contribution < 1.29 is 14.5 Å². The van der Waals surface area contributed by atoms with Crippen LogP contribution in [0, 0.1) is 24.0 Å². The summed E-state index contributed by atoms with van der Waals surface area (Å²) >= 11 is 5.14. The van der Waals surface area contributed by atoms with Gasteiger partial charge in [0.2, 0.25) is 0 Å². The van der Waals surface area contributed by atoms with E-state index >= 15 is 0 Å². The Labute approximate surface area is 150 Å². The molecule has 2 aromatic carbocycles. The van der Waals surface area contributed by atoms with E-state index in [0.29, 0.717) is 22.6 Å². The molecule has 2 rings (SSSR count). The third-order valence-electron chi connectivity index (χ3n) is 3.64. The molecule has 25 heavy (non-hydrogen) atoms. The van der Waals surface area contributed by atoms with E-state index in [4.69, 9.17) is 17.0 Å². The van der Waals surface area contributed by atoms with Crippen molar-refractivity contribution in [2.45, 2.75) is 13.8 Å². The Bertz CT molecular complexity index is 852. The van der Waals surface area contributed by atoms with Gasteiger partial charge in [0.15, 0.2) is 5.11 Å². The number of nitro groups is 1. The maximum Gasteiger partial charge on any atom is 0.274 e. The van der Waals surface area contributed by atoms with E-state index in [1.165, 1.54) is 13.2 Å². The average molecular weight is 359 g/mol. The van der Waals surface area contributed by atoms with Crippen LogP contribution in [0.4, 0.5) is 11.4 Å². The SMILES string of the molecule is COc1c(C)cccc1C(=O)NC(=S)Nc1cccc([N+](=O)[O-])c1C. The number of carbonyl (C=O) groups is 1. The summed E-state index contributed by atoms with van der Waals surface area (Å²) in [4.78, 5) is 22.9. The number of methoxy groups -OCH3 is 1. The molecule has 0 atom stereocenters. The number of rotatable bonds is 4. The molecule has 0 heterocycles. The molecule has 2 aromatic rings. The number of thiocarbonyl (C=S) groups is 1. The first kappa shape index (κ1) is 18.3. The summed E-state index contributed by atoms with van der Waals surface area (Å²) in [5.74, 6) is 0.0375. The number of aryl methyl sites for hydroxylation is 1. The number of benzene rings is 2. The quantitative estimate of drug-likeness (QED) is 0.494. The van der Waals surface area contributed by atoms with Gasteiger partial charge in [-0.1, -0.05) is 18.2 Å². The summed E-state index contributed by atoms with van der Waals surface area (Å²) in [6.07, 6.45) is 0. The fraction of sp³-hybridized carbons (Fsp3) is 0.176. The van der Waals surface area contributed by atoms with Crippen molar-refractivity contribution in [3.05, 3.63) is 63.2 Å². The first-order chi connectivity index (χ1) is 11.8. The van der Waals surface area contributed by atoms with Crippen LogP contribution in [-0.2, 0) is 0 Å². The number of hydrogen-bond acceptors (Lipinski definition) is 5. The van der Waals surface area contributed by atoms with Crippen molar-refractivity contribution >= 4 is 34.6 Å². The highest BCUT2D eigenvalue weighted by Gasteiger charge is 2.17. The Balaban J connectivity index is 2.16. The van der Waals surface area contributed by atoms with Crippen molar-refractivity contribution in [1.82, 2.24) is 5.32 Å². The molecule has 2 N–H and O–H groups in total. The van der Waals surface area contributed by atoms with Gasteiger partial charge in [-0.25, -0.2) is 0 Å². The van der Waals surface area contributed by atoms with Crippen molar-refractivity contribution in [2.24, 2.45) is 0 Å². The molecule has 0 saturated carbocycles. The van der Waals surface area contributed by atoms with Crippen LogP contribution in [0.2, 0.25) is 0 Å². The maximum atomic E-state index is 12.4. The van der Waals surface area contributed by atoms with Gasteiger partial charge >= 0.3 is 0 Å². The van der Waals surface area contributed by atoms with E-state index in [-0.39, 0.29) is 10.8 Å². The predicted molar refractivity (Wildman–Crippen MR) is 99.3 cm³/mol. The van der Waals surface area contributed by atoms with Gasteiger partial charge in [-0.2, -0.15) is 0 Å². The van der Waals surface area contributed by atoms with Crippen LogP contribution in [0.15, 0.2) is 36.4 Å². The number of hydrogen-bond donors (Lipinski definition) is 2. The lowest BCUT2D eigenvalue weighted by molar-refractivity contribution is -0.385. The molecule has 0 radical (unpaired) electrons. The van der Waals surface area contributed by atoms with Gasteiger partial charge in [-0.3, -0.25) is 20.2 Å². The van der Waals surface area contributed by atoms with E-state index in [9.17, 15) is 14.9 Å². The number of ether oxygens (including phenoxy) is 1. The molecule has 8 heteroatoms. The van der Waals surface area contributed by atoms with Gasteiger partial charge in [0, 0.05) is 6.07 Å². The summed E-state index contributed by atoms with van der Waals surface area (Å²) in [5.41, 5.74) is 2.03. The first-order valence-corrected chi connectivity index (χ1v) is 7.76. The molecule has 0 spiro atoms. The second-order valence-corrected chi connectivity index (χ2v) is 5.68. The Hall–Kier alpha value is -3.00. The molecule has 7 nitrogen and oxygen atoms in total. The second kappa shape index (κ2) is 7.71. The highest BCUT2D eigenvalue weighted by molar-refractivity contribution is 7.80. The molecule has 130 valence electrons. The van der Waals surface area contributed by atoms with Crippen molar-refractivity contribution in [3.63, 3.8) is 0 Å². The van der Waals surface area contributed by atoms with E-state index in [2.05, 4.69) is 10.6 Å². The van der Waals surface area contributed by atoms with Gasteiger partial charge in [0.25, 0.3) is 11.6 Å². The van der Waals surface area contributed by atoms with Gasteiger partial charge in [0.1, 0.15) is 5.75 Å². The first-order valence-electron chi connectivity index (χ1n) is 7.35. The van der Waals surface area contributed by atoms with Gasteiger partial charge in [-0.15, -0.1) is 0 Å². The summed E-state index contributed by atoms with van der Waals surface area (Å²) in [7, 11) is 1.49. The van der Waals surface area contributed by atoms with Crippen LogP contribution < -0.4 is 15.4 Å². The largest absolute Gasteiger partial charge is 0.496 e. The minimum atomic E-state index is -0.472. The van der Waals surface area contributed by atoms with Crippen molar-refractivity contribution in [1.29, 1.82) is 0 Å². The van der Waals surface area contributed by atoms with Crippen LogP contribution >= 0.6 is 12.2 Å². The summed E-state index contributed by atoms with van der Waals surface area (Å²) in [6, 6.07) is 9.80. The minimum Gasteiger partial charge on any atom is -0.496 e. The Morgan fingerprint density at radius 1 is 1.20 bits per heavy atom. The van der Waals surface area contributed by atoms with Crippen molar-refractivity contribution in [3.8, 4) is 5.75 Å². The zero-order chi connectivity index (χ0) is 18.6. The molecule has 1 amide bonds. The van der Waals surface area contributed by atoms with Crippen LogP contribution in [0.25, 0.3) is 0 Å². The minimum absolute atomic E-state index is 0.0283. The fourth-order valence-electron chi connectivity index (χ4n) is 2.38. The molecule has 0 aliphatic carbocycles. The summed E-state index contributed by atoms with van der Waals surface area (Å²) in [6.45, 7) is 3.44. The molecule has 0 fully saturated rings. The number of nitrogens with zero attached hydrogens (tertiary/aromatic N) is 1. The normalized spacial score (nSPS) is 10.0. The number of para-hydroxylation sites is 1. The number of amides is 1. The van der Waals surface area contributed by atoms with Crippen LogP contribution in [-0.4, -0.2) is 23.1 Å². The number of nitro benzene ring substituents is 1. The monoisotopic (exact) mass is 359 g/mol. The maximum absolute atomic E-state index is 12.4. The van der Waals surface area contributed by atoms with Gasteiger partial charge in [0.05, 0.1) is 28.8 Å². The van der Waals surface area contributed by atoms with Crippen LogP contribution in [0.5, 0.6) is 5.75 Å². The third-order valence-corrected chi connectivity index (χ3v) is 3.84. The van der Waals surface area contributed by atoms with E-state index in [1.54, 1.807) is 31.2 Å². The molecule has 0 aliphatic rings. The lowest BCUT2D eigenvalue weighted by atomic mass is 10.1. The third kappa shape index (κ3) is 4.10. The van der Waals surface area contributed by atoms with Crippen LogP contribution in [0.1, 0.15) is 21.5 Å². The number of nitrogens with one attached hydrogen (secondary N) is 2. The number of carbonyl (C=O) groups excluding carboxylic acids is 1. The molecule has 0 bridgehead atoms. The molecule has 0 saturated heterocycles. The second-order valence-electron chi connectivity index (χ2n) is 5.27. The van der Waals surface area contributed by atoms with E-state index in [1.807, 2.05) is 13.0 Å². The summed E-state index contributed by atoms with van der Waals surface area (Å²) in [5, 5.41) is 16.4. The standard InChI is InChI=1S/C17H17N3O4S/c1-10-6-4-7-12(15(10)24-3)16(21)19-17(25)18-13-8-5-9-14(11(13)2)20(22)23/h4-9H,1-3H3,(H2,18,19,21,25). The Morgan fingerprint density at radius 3 is 2.52 bits per heavy atom. The molecule has 0 unspecified atom stereocenters. The zero-order valence-corrected chi connectivity index (χ0v) is 14.8. The smallest absolute Gasteiger partial charge is 0.274 e. The van der Waals surface area contributed by atoms with E-state index < -0.39 is 10.8 Å². The Kier molecular flexibility index (Phi) is 5.66.